The molecule has 1 aromatic heterocycles. The minimum absolute atomic E-state index is 0.542. The van der Waals surface area contributed by atoms with Crippen LogP contribution in [0.2, 0.25) is 0 Å². The highest BCUT2D eigenvalue weighted by Crippen LogP contribution is 2.50. The van der Waals surface area contributed by atoms with Crippen molar-refractivity contribution in [2.24, 2.45) is 5.41 Å². The Bertz CT molecular complexity index is 396. The number of aliphatic hydroxyl groups excluding tert-OH is 1. The summed E-state index contributed by atoms with van der Waals surface area (Å²) in [4.78, 5) is 11.2. The van der Waals surface area contributed by atoms with Gasteiger partial charge in [-0.3, -0.25) is 9.48 Å². The molecule has 1 fully saturated rings. The van der Waals surface area contributed by atoms with Crippen LogP contribution in [0.15, 0.2) is 12.4 Å². The van der Waals surface area contributed by atoms with Crippen molar-refractivity contribution in [3.63, 3.8) is 0 Å². The van der Waals surface area contributed by atoms with E-state index >= 15 is 0 Å². The molecule has 1 saturated carbocycles. The Kier molecular flexibility index (Phi) is 2.71. The zero-order valence-electron chi connectivity index (χ0n) is 9.26. The van der Waals surface area contributed by atoms with Crippen molar-refractivity contribution >= 4 is 5.97 Å². The average molecular weight is 224 g/mol. The molecule has 0 aromatic carbocycles. The largest absolute Gasteiger partial charge is 0.481 e. The Hall–Kier alpha value is -1.36. The van der Waals surface area contributed by atoms with Crippen molar-refractivity contribution in [1.29, 1.82) is 0 Å². The highest BCUT2D eigenvalue weighted by atomic mass is 16.4. The zero-order chi connectivity index (χ0) is 11.8. The summed E-state index contributed by atoms with van der Waals surface area (Å²) in [6, 6.07) is 0. The summed E-state index contributed by atoms with van der Waals surface area (Å²) in [6.07, 6.45) is 4.27. The maximum atomic E-state index is 11.2. The Morgan fingerprint density at radius 2 is 2.38 bits per heavy atom. The Morgan fingerprint density at radius 1 is 1.69 bits per heavy atom. The second-order valence-electron chi connectivity index (χ2n) is 4.35. The molecule has 0 saturated heterocycles. The average Bonchev–Trinajstić information content (AvgIpc) is 2.62. The van der Waals surface area contributed by atoms with Crippen molar-refractivity contribution in [2.75, 3.05) is 0 Å². The molecule has 1 unspecified atom stereocenters. The molecule has 16 heavy (non-hydrogen) atoms. The molecule has 0 radical (unpaired) electrons. The second-order valence-corrected chi connectivity index (χ2v) is 4.35. The number of hydrogen-bond donors (Lipinski definition) is 2. The van der Waals surface area contributed by atoms with Crippen LogP contribution in [-0.4, -0.2) is 26.0 Å². The van der Waals surface area contributed by atoms with Crippen molar-refractivity contribution in [3.8, 4) is 0 Å². The van der Waals surface area contributed by atoms with Crippen LogP contribution in [0.3, 0.4) is 0 Å². The number of carboxylic acids is 1. The summed E-state index contributed by atoms with van der Waals surface area (Å²) in [7, 11) is 0. The third-order valence-corrected chi connectivity index (χ3v) is 3.49. The van der Waals surface area contributed by atoms with Gasteiger partial charge in [-0.25, -0.2) is 0 Å². The first-order valence-electron chi connectivity index (χ1n) is 5.54. The first-order chi connectivity index (χ1) is 7.60. The number of aromatic nitrogens is 2. The maximum Gasteiger partial charge on any atom is 0.312 e. The summed E-state index contributed by atoms with van der Waals surface area (Å²) < 4.78 is 1.69. The van der Waals surface area contributed by atoms with Crippen LogP contribution < -0.4 is 0 Å². The monoisotopic (exact) mass is 224 g/mol. The first-order valence-corrected chi connectivity index (χ1v) is 5.54. The smallest absolute Gasteiger partial charge is 0.312 e. The number of carbonyl (C=O) groups is 1. The van der Waals surface area contributed by atoms with Crippen LogP contribution in [0, 0.1) is 5.41 Å². The van der Waals surface area contributed by atoms with E-state index in [1.165, 1.54) is 0 Å². The van der Waals surface area contributed by atoms with Crippen LogP contribution >= 0.6 is 0 Å². The third-order valence-electron chi connectivity index (χ3n) is 3.49. The molecule has 1 heterocycles. The van der Waals surface area contributed by atoms with Gasteiger partial charge in [0.25, 0.3) is 0 Å². The van der Waals surface area contributed by atoms with E-state index < -0.39 is 17.5 Å². The van der Waals surface area contributed by atoms with Gasteiger partial charge in [-0.05, 0) is 19.8 Å². The Balaban J connectivity index is 2.23. The number of aliphatic carboxylic acids is 1. The topological polar surface area (TPSA) is 75.4 Å². The number of aliphatic hydroxyl groups is 1. The van der Waals surface area contributed by atoms with Crippen LogP contribution in [0.1, 0.15) is 37.9 Å². The molecule has 0 amide bonds. The second kappa shape index (κ2) is 3.90. The summed E-state index contributed by atoms with van der Waals surface area (Å²) in [5.74, 6) is -0.907. The van der Waals surface area contributed by atoms with E-state index in [-0.39, 0.29) is 0 Å². The molecular weight excluding hydrogens is 208 g/mol. The Labute approximate surface area is 93.7 Å². The number of carboxylic acid groups (broad SMARTS) is 1. The summed E-state index contributed by atoms with van der Waals surface area (Å²) in [6.45, 7) is 2.66. The van der Waals surface area contributed by atoms with Gasteiger partial charge in [-0.2, -0.15) is 5.10 Å². The van der Waals surface area contributed by atoms with Gasteiger partial charge in [-0.15, -0.1) is 0 Å². The number of nitrogens with zero attached hydrogens (tertiary/aromatic N) is 2. The summed E-state index contributed by atoms with van der Waals surface area (Å²) in [5, 5.41) is 23.4. The van der Waals surface area contributed by atoms with Gasteiger partial charge in [-0.1, -0.05) is 6.42 Å². The molecule has 2 rings (SSSR count). The molecule has 1 aliphatic carbocycles. The third kappa shape index (κ3) is 1.51. The lowest BCUT2D eigenvalue weighted by Crippen LogP contribution is -2.43. The number of aryl methyl sites for hydroxylation is 1. The van der Waals surface area contributed by atoms with Crippen LogP contribution in [-0.2, 0) is 11.3 Å². The first kappa shape index (κ1) is 11.1. The van der Waals surface area contributed by atoms with E-state index in [1.807, 2.05) is 6.92 Å². The van der Waals surface area contributed by atoms with Crippen LogP contribution in [0.25, 0.3) is 0 Å². The van der Waals surface area contributed by atoms with Gasteiger partial charge < -0.3 is 10.2 Å². The minimum Gasteiger partial charge on any atom is -0.481 e. The molecule has 0 spiro atoms. The number of hydrogen-bond acceptors (Lipinski definition) is 3. The predicted molar refractivity (Wildman–Crippen MR) is 56.8 cm³/mol. The summed E-state index contributed by atoms with van der Waals surface area (Å²) >= 11 is 0. The standard InChI is InChI=1S/C11H16N2O3/c1-2-13-7-8(6-12-13)9(14)11(10(15)16)4-3-5-11/h6-7,9,14H,2-5H2,1H3,(H,15,16). The fraction of sp³-hybridized carbons (Fsp3) is 0.636. The minimum atomic E-state index is -0.985. The molecule has 88 valence electrons. The van der Waals surface area contributed by atoms with Gasteiger partial charge in [0.1, 0.15) is 0 Å². The lowest BCUT2D eigenvalue weighted by atomic mass is 9.64. The van der Waals surface area contributed by atoms with Crippen LogP contribution in [0.5, 0.6) is 0 Å². The van der Waals surface area contributed by atoms with E-state index in [0.717, 1.165) is 6.42 Å². The maximum absolute atomic E-state index is 11.2. The predicted octanol–water partition coefficient (Wildman–Crippen LogP) is 1.19. The van der Waals surface area contributed by atoms with E-state index in [9.17, 15) is 15.0 Å². The van der Waals surface area contributed by atoms with Crippen molar-refractivity contribution in [1.82, 2.24) is 9.78 Å². The quantitative estimate of drug-likeness (QED) is 0.805. The fourth-order valence-electron chi connectivity index (χ4n) is 2.17. The lowest BCUT2D eigenvalue weighted by Gasteiger charge is -2.41. The van der Waals surface area contributed by atoms with E-state index in [0.29, 0.717) is 24.9 Å². The van der Waals surface area contributed by atoms with Crippen molar-refractivity contribution in [2.45, 2.75) is 38.8 Å². The molecule has 1 aliphatic rings. The molecule has 0 aliphatic heterocycles. The molecule has 0 bridgehead atoms. The molecule has 5 nitrogen and oxygen atoms in total. The van der Waals surface area contributed by atoms with Crippen molar-refractivity contribution in [3.05, 3.63) is 18.0 Å². The lowest BCUT2D eigenvalue weighted by molar-refractivity contribution is -0.166. The normalized spacial score (nSPS) is 20.1. The molecule has 1 aromatic rings. The molecule has 1 atom stereocenters. The fourth-order valence-corrected chi connectivity index (χ4v) is 2.17. The van der Waals surface area contributed by atoms with Gasteiger partial charge in [0.2, 0.25) is 0 Å². The molecule has 5 heteroatoms. The molecular formula is C11H16N2O3. The van der Waals surface area contributed by atoms with E-state index in [1.54, 1.807) is 17.1 Å². The van der Waals surface area contributed by atoms with E-state index in [4.69, 9.17) is 0 Å². The van der Waals surface area contributed by atoms with Crippen molar-refractivity contribution < 1.29 is 15.0 Å². The SMILES string of the molecule is CCn1cc(C(O)C2(C(=O)O)CCC2)cn1. The highest BCUT2D eigenvalue weighted by molar-refractivity contribution is 5.76. The Morgan fingerprint density at radius 3 is 2.75 bits per heavy atom. The van der Waals surface area contributed by atoms with Gasteiger partial charge in [0, 0.05) is 18.3 Å². The summed E-state index contributed by atoms with van der Waals surface area (Å²) in [5.41, 5.74) is -0.384. The van der Waals surface area contributed by atoms with Crippen LogP contribution in [0.4, 0.5) is 0 Å². The van der Waals surface area contributed by atoms with Gasteiger partial charge in [0.05, 0.1) is 17.7 Å². The number of rotatable bonds is 4. The highest BCUT2D eigenvalue weighted by Gasteiger charge is 2.51. The van der Waals surface area contributed by atoms with Gasteiger partial charge in [0.15, 0.2) is 0 Å². The zero-order valence-corrected chi connectivity index (χ0v) is 9.26. The van der Waals surface area contributed by atoms with E-state index in [2.05, 4.69) is 5.10 Å². The van der Waals surface area contributed by atoms with Gasteiger partial charge >= 0.3 is 5.97 Å². The molecule has 2 N–H and O–H groups in total.